The highest BCUT2D eigenvalue weighted by Gasteiger charge is 2.30. The Morgan fingerprint density at radius 3 is 2.65 bits per heavy atom. The summed E-state index contributed by atoms with van der Waals surface area (Å²) in [6.07, 6.45) is -0.472. The van der Waals surface area contributed by atoms with Crippen molar-refractivity contribution in [3.63, 3.8) is 0 Å². The van der Waals surface area contributed by atoms with Gasteiger partial charge in [0.2, 0.25) is 0 Å². The van der Waals surface area contributed by atoms with Gasteiger partial charge in [-0.15, -0.1) is 11.3 Å². The summed E-state index contributed by atoms with van der Waals surface area (Å²) in [5.74, 6) is 0. The van der Waals surface area contributed by atoms with Crippen LogP contribution in [0.5, 0.6) is 0 Å². The van der Waals surface area contributed by atoms with Gasteiger partial charge in [0.15, 0.2) is 0 Å². The van der Waals surface area contributed by atoms with Crippen molar-refractivity contribution >= 4 is 11.3 Å². The molecule has 2 heterocycles. The topological polar surface area (TPSA) is 32.3 Å². The molecule has 1 aliphatic rings. The Labute approximate surface area is 124 Å². The van der Waals surface area contributed by atoms with E-state index in [9.17, 15) is 5.11 Å². The summed E-state index contributed by atoms with van der Waals surface area (Å²) in [7, 11) is 0. The van der Waals surface area contributed by atoms with E-state index >= 15 is 0 Å². The highest BCUT2D eigenvalue weighted by atomic mass is 32.1. The van der Waals surface area contributed by atoms with Gasteiger partial charge in [-0.25, -0.2) is 0 Å². The van der Waals surface area contributed by atoms with Crippen molar-refractivity contribution < 1.29 is 5.11 Å². The average Bonchev–Trinajstić information content (AvgIpc) is 3.04. The number of aliphatic hydroxyl groups is 1. The van der Waals surface area contributed by atoms with Gasteiger partial charge < -0.3 is 10.4 Å². The Balaban J connectivity index is 1.87. The minimum atomic E-state index is -0.472. The summed E-state index contributed by atoms with van der Waals surface area (Å²) < 4.78 is 0. The molecule has 0 saturated heterocycles. The quantitative estimate of drug-likeness (QED) is 0.877. The number of benzene rings is 1. The highest BCUT2D eigenvalue weighted by molar-refractivity contribution is 7.12. The van der Waals surface area contributed by atoms with Crippen LogP contribution in [0.1, 0.15) is 53.8 Å². The molecule has 3 rings (SSSR count). The summed E-state index contributed by atoms with van der Waals surface area (Å²) in [5, 5.41) is 14.1. The van der Waals surface area contributed by atoms with E-state index in [1.165, 1.54) is 16.0 Å². The Kier molecular flexibility index (Phi) is 3.44. The van der Waals surface area contributed by atoms with Crippen molar-refractivity contribution in [2.24, 2.45) is 0 Å². The first-order chi connectivity index (χ1) is 9.47. The summed E-state index contributed by atoms with van der Waals surface area (Å²) in [6, 6.07) is 12.6. The fourth-order valence-corrected chi connectivity index (χ4v) is 3.78. The Morgan fingerprint density at radius 1 is 1.20 bits per heavy atom. The van der Waals surface area contributed by atoms with Crippen LogP contribution in [0.3, 0.4) is 0 Å². The third kappa shape index (κ3) is 2.41. The molecule has 2 aromatic rings. The molecule has 0 bridgehead atoms. The van der Waals surface area contributed by atoms with E-state index in [4.69, 9.17) is 0 Å². The minimum absolute atomic E-state index is 0.0117. The zero-order valence-electron chi connectivity index (χ0n) is 12.2. The molecule has 0 aliphatic carbocycles. The normalized spacial score (nSPS) is 19.9. The van der Waals surface area contributed by atoms with E-state index in [2.05, 4.69) is 56.4 Å². The van der Waals surface area contributed by atoms with Crippen molar-refractivity contribution in [3.8, 4) is 0 Å². The van der Waals surface area contributed by atoms with Crippen molar-refractivity contribution in [2.45, 2.75) is 44.9 Å². The van der Waals surface area contributed by atoms with E-state index in [-0.39, 0.29) is 11.5 Å². The lowest BCUT2D eigenvalue weighted by molar-refractivity contribution is 0.137. The van der Waals surface area contributed by atoms with E-state index in [0.29, 0.717) is 0 Å². The lowest BCUT2D eigenvalue weighted by Crippen LogP contribution is -2.19. The number of nitrogens with one attached hydrogen (secondary N) is 1. The van der Waals surface area contributed by atoms with Crippen molar-refractivity contribution in [3.05, 3.63) is 57.3 Å². The molecule has 20 heavy (non-hydrogen) atoms. The zero-order chi connectivity index (χ0) is 14.3. The number of fused-ring (bicyclic) bond motifs is 1. The molecule has 0 radical (unpaired) electrons. The molecule has 0 fully saturated rings. The van der Waals surface area contributed by atoms with E-state index in [1.54, 1.807) is 11.3 Å². The highest BCUT2D eigenvalue weighted by Crippen LogP contribution is 2.39. The SMILES string of the molecule is CC(C)(C)c1ccc(C(O)C2NCc3ccccc32)s1. The summed E-state index contributed by atoms with van der Waals surface area (Å²) in [4.78, 5) is 2.36. The van der Waals surface area contributed by atoms with Crippen LogP contribution in [0.15, 0.2) is 36.4 Å². The van der Waals surface area contributed by atoms with Crippen LogP contribution in [0, 0.1) is 0 Å². The number of thiophene rings is 1. The van der Waals surface area contributed by atoms with Crippen LogP contribution in [-0.4, -0.2) is 5.11 Å². The number of hydrogen-bond acceptors (Lipinski definition) is 3. The molecule has 0 saturated carbocycles. The molecule has 3 heteroatoms. The second kappa shape index (κ2) is 4.99. The van der Waals surface area contributed by atoms with Gasteiger partial charge in [-0.05, 0) is 28.7 Å². The zero-order valence-corrected chi connectivity index (χ0v) is 13.0. The van der Waals surface area contributed by atoms with E-state index < -0.39 is 6.10 Å². The Hall–Kier alpha value is -1.16. The fourth-order valence-electron chi connectivity index (χ4n) is 2.69. The molecule has 2 unspecified atom stereocenters. The third-order valence-electron chi connectivity index (χ3n) is 3.88. The lowest BCUT2D eigenvalue weighted by Gasteiger charge is -2.19. The van der Waals surface area contributed by atoms with Crippen LogP contribution in [0.25, 0.3) is 0 Å². The van der Waals surface area contributed by atoms with Crippen LogP contribution in [-0.2, 0) is 12.0 Å². The van der Waals surface area contributed by atoms with Gasteiger partial charge in [-0.1, -0.05) is 45.0 Å². The van der Waals surface area contributed by atoms with Gasteiger partial charge in [-0.2, -0.15) is 0 Å². The average molecular weight is 287 g/mol. The maximum atomic E-state index is 10.7. The molecular formula is C17H21NOS. The summed E-state index contributed by atoms with van der Waals surface area (Å²) in [5.41, 5.74) is 2.67. The maximum Gasteiger partial charge on any atom is 0.108 e. The molecule has 0 amide bonds. The lowest BCUT2D eigenvalue weighted by atomic mass is 9.95. The molecule has 1 aromatic carbocycles. The molecular weight excluding hydrogens is 266 g/mol. The third-order valence-corrected chi connectivity index (χ3v) is 5.46. The molecule has 106 valence electrons. The number of aliphatic hydroxyl groups excluding tert-OH is 1. The summed E-state index contributed by atoms with van der Waals surface area (Å²) >= 11 is 1.72. The molecule has 2 atom stereocenters. The second-order valence-corrected chi connectivity index (χ2v) is 7.57. The van der Waals surface area contributed by atoms with E-state index in [1.807, 2.05) is 6.07 Å². The first-order valence-electron chi connectivity index (χ1n) is 7.06. The smallest absolute Gasteiger partial charge is 0.108 e. The first-order valence-corrected chi connectivity index (χ1v) is 7.88. The van der Waals surface area contributed by atoms with Crippen LogP contribution >= 0.6 is 11.3 Å². The molecule has 2 nitrogen and oxygen atoms in total. The number of rotatable bonds is 2. The monoisotopic (exact) mass is 287 g/mol. The number of hydrogen-bond donors (Lipinski definition) is 2. The van der Waals surface area contributed by atoms with Crippen LogP contribution in [0.2, 0.25) is 0 Å². The van der Waals surface area contributed by atoms with Gasteiger partial charge in [0, 0.05) is 16.3 Å². The first kappa shape index (κ1) is 13.8. The largest absolute Gasteiger partial charge is 0.386 e. The minimum Gasteiger partial charge on any atom is -0.386 e. The summed E-state index contributed by atoms with van der Waals surface area (Å²) in [6.45, 7) is 7.46. The van der Waals surface area contributed by atoms with Crippen LogP contribution < -0.4 is 5.32 Å². The second-order valence-electron chi connectivity index (χ2n) is 6.45. The van der Waals surface area contributed by atoms with Gasteiger partial charge in [-0.3, -0.25) is 0 Å². The molecule has 1 aromatic heterocycles. The Morgan fingerprint density at radius 2 is 1.95 bits per heavy atom. The Bertz CT molecular complexity index is 611. The van der Waals surface area contributed by atoms with Crippen LogP contribution in [0.4, 0.5) is 0 Å². The molecule has 0 spiro atoms. The van der Waals surface area contributed by atoms with Crippen molar-refractivity contribution in [2.75, 3.05) is 0 Å². The molecule has 1 aliphatic heterocycles. The van der Waals surface area contributed by atoms with Gasteiger partial charge >= 0.3 is 0 Å². The predicted octanol–water partition coefficient (Wildman–Crippen LogP) is 3.92. The fraction of sp³-hybridized carbons (Fsp3) is 0.412. The standard InChI is InChI=1S/C17H21NOS/c1-17(2,3)14-9-8-13(20-14)16(19)15-12-7-5-4-6-11(12)10-18-15/h4-9,15-16,18-19H,10H2,1-3H3. The van der Waals surface area contributed by atoms with Gasteiger partial charge in [0.05, 0.1) is 6.04 Å². The van der Waals surface area contributed by atoms with Gasteiger partial charge in [0.1, 0.15) is 6.10 Å². The van der Waals surface area contributed by atoms with Crippen molar-refractivity contribution in [1.82, 2.24) is 5.32 Å². The van der Waals surface area contributed by atoms with Crippen molar-refractivity contribution in [1.29, 1.82) is 0 Å². The van der Waals surface area contributed by atoms with E-state index in [0.717, 1.165) is 11.4 Å². The van der Waals surface area contributed by atoms with Gasteiger partial charge in [0.25, 0.3) is 0 Å². The predicted molar refractivity (Wildman–Crippen MR) is 84.0 cm³/mol. The molecule has 2 N–H and O–H groups in total. The maximum absolute atomic E-state index is 10.7.